The van der Waals surface area contributed by atoms with E-state index in [2.05, 4.69) is 5.32 Å². The molecule has 1 heterocycles. The van der Waals surface area contributed by atoms with Crippen molar-refractivity contribution in [2.45, 2.75) is 30.3 Å². The molecule has 18 heavy (non-hydrogen) atoms. The fourth-order valence-corrected chi connectivity index (χ4v) is 3.84. The largest absolute Gasteiger partial charge is 0.416 e. The van der Waals surface area contributed by atoms with Crippen molar-refractivity contribution in [3.8, 4) is 0 Å². The second-order valence-corrected chi connectivity index (χ2v) is 6.22. The van der Waals surface area contributed by atoms with Gasteiger partial charge in [-0.2, -0.15) is 13.2 Å². The molecule has 3 rings (SSSR count). The molecule has 1 aliphatic carbocycles. The van der Waals surface area contributed by atoms with Crippen LogP contribution in [0.5, 0.6) is 0 Å². The lowest BCUT2D eigenvalue weighted by atomic mass is 9.70. The summed E-state index contributed by atoms with van der Waals surface area (Å²) < 4.78 is 38.0. The number of fused-ring (bicyclic) bond motifs is 1. The first-order valence-corrected chi connectivity index (χ1v) is 7.05. The number of thioether (sulfide) groups is 1. The summed E-state index contributed by atoms with van der Waals surface area (Å²) in [5.74, 6) is 1.01. The summed E-state index contributed by atoms with van der Waals surface area (Å²) in [4.78, 5) is 0.937. The predicted octanol–water partition coefficient (Wildman–Crippen LogP) is 4.39. The van der Waals surface area contributed by atoms with Gasteiger partial charge in [0.15, 0.2) is 0 Å². The van der Waals surface area contributed by atoms with Crippen LogP contribution < -0.4 is 5.32 Å². The van der Waals surface area contributed by atoms with Crippen LogP contribution in [0.25, 0.3) is 0 Å². The van der Waals surface area contributed by atoms with Crippen molar-refractivity contribution in [2.24, 2.45) is 5.41 Å². The molecular formula is C13H14F3NS. The zero-order valence-electron chi connectivity index (χ0n) is 9.81. The van der Waals surface area contributed by atoms with E-state index < -0.39 is 11.7 Å². The number of anilines is 1. The van der Waals surface area contributed by atoms with E-state index in [9.17, 15) is 13.2 Å². The fourth-order valence-electron chi connectivity index (χ4n) is 2.53. The van der Waals surface area contributed by atoms with Crippen molar-refractivity contribution in [3.63, 3.8) is 0 Å². The Morgan fingerprint density at radius 3 is 2.61 bits per heavy atom. The molecule has 1 nitrogen and oxygen atoms in total. The fraction of sp³-hybridized carbons (Fsp3) is 0.538. The van der Waals surface area contributed by atoms with Crippen molar-refractivity contribution in [1.29, 1.82) is 0 Å². The van der Waals surface area contributed by atoms with Crippen molar-refractivity contribution < 1.29 is 13.2 Å². The third-order valence-electron chi connectivity index (χ3n) is 3.91. The lowest BCUT2D eigenvalue weighted by molar-refractivity contribution is -0.137. The van der Waals surface area contributed by atoms with E-state index in [1.54, 1.807) is 17.8 Å². The molecule has 0 amide bonds. The zero-order valence-corrected chi connectivity index (χ0v) is 10.6. The number of rotatable bonds is 0. The number of hydrogen-bond acceptors (Lipinski definition) is 2. The highest BCUT2D eigenvalue weighted by Crippen LogP contribution is 2.48. The van der Waals surface area contributed by atoms with E-state index in [1.165, 1.54) is 31.4 Å². The van der Waals surface area contributed by atoms with Crippen molar-refractivity contribution in [1.82, 2.24) is 0 Å². The normalized spacial score (nSPS) is 21.7. The van der Waals surface area contributed by atoms with Gasteiger partial charge in [0.25, 0.3) is 0 Å². The number of hydrogen-bond donors (Lipinski definition) is 1. The third-order valence-corrected chi connectivity index (χ3v) is 5.33. The topological polar surface area (TPSA) is 12.0 Å². The number of halogens is 3. The Kier molecular flexibility index (Phi) is 2.77. The minimum atomic E-state index is -4.26. The Labute approximate surface area is 108 Å². The summed E-state index contributed by atoms with van der Waals surface area (Å²) in [6.07, 6.45) is -0.644. The maximum absolute atomic E-state index is 12.7. The quantitative estimate of drug-likeness (QED) is 0.752. The van der Waals surface area contributed by atoms with Gasteiger partial charge in [0.05, 0.1) is 5.56 Å². The lowest BCUT2D eigenvalue weighted by Gasteiger charge is -2.40. The summed E-state index contributed by atoms with van der Waals surface area (Å²) in [5.41, 5.74) is 0.375. The Hall–Kier alpha value is -0.840. The van der Waals surface area contributed by atoms with Gasteiger partial charge in [-0.15, -0.1) is 11.8 Å². The van der Waals surface area contributed by atoms with Gasteiger partial charge in [-0.3, -0.25) is 0 Å². The highest BCUT2D eigenvalue weighted by atomic mass is 32.2. The van der Waals surface area contributed by atoms with E-state index in [-0.39, 0.29) is 0 Å². The molecule has 1 aromatic rings. The maximum Gasteiger partial charge on any atom is 0.416 e. The lowest BCUT2D eigenvalue weighted by Crippen LogP contribution is -2.37. The standard InChI is InChI=1S/C13H14F3NS/c14-13(15,16)9-2-3-11-10(6-9)17-7-12(8-18-11)4-1-5-12/h2-3,6,17H,1,4-5,7-8H2. The second kappa shape index (κ2) is 4.08. The average Bonchev–Trinajstić information content (AvgIpc) is 2.45. The molecule has 0 saturated heterocycles. The van der Waals surface area contributed by atoms with Gasteiger partial charge < -0.3 is 5.32 Å². The molecule has 1 saturated carbocycles. The molecule has 1 aromatic carbocycles. The van der Waals surface area contributed by atoms with Crippen molar-refractivity contribution >= 4 is 17.4 Å². The molecule has 2 aliphatic rings. The zero-order chi connectivity index (χ0) is 12.8. The Morgan fingerprint density at radius 2 is 2.00 bits per heavy atom. The number of nitrogens with one attached hydrogen (secondary N) is 1. The molecule has 1 spiro atoms. The van der Waals surface area contributed by atoms with Crippen LogP contribution in [0, 0.1) is 5.41 Å². The Balaban J connectivity index is 1.87. The van der Waals surface area contributed by atoms with Gasteiger partial charge in [-0.05, 0) is 36.5 Å². The van der Waals surface area contributed by atoms with E-state index in [0.717, 1.165) is 17.2 Å². The minimum absolute atomic E-state index is 0.308. The number of alkyl halides is 3. The van der Waals surface area contributed by atoms with Crippen molar-refractivity contribution in [3.05, 3.63) is 23.8 Å². The predicted molar refractivity (Wildman–Crippen MR) is 66.9 cm³/mol. The van der Waals surface area contributed by atoms with Gasteiger partial charge >= 0.3 is 6.18 Å². The Morgan fingerprint density at radius 1 is 1.22 bits per heavy atom. The van der Waals surface area contributed by atoms with Crippen molar-refractivity contribution in [2.75, 3.05) is 17.6 Å². The highest BCUT2D eigenvalue weighted by molar-refractivity contribution is 7.99. The van der Waals surface area contributed by atoms with E-state index >= 15 is 0 Å². The summed E-state index contributed by atoms with van der Waals surface area (Å²) in [5, 5.41) is 3.21. The average molecular weight is 273 g/mol. The van der Waals surface area contributed by atoms with Crippen LogP contribution in [-0.2, 0) is 6.18 Å². The first-order valence-electron chi connectivity index (χ1n) is 6.07. The SMILES string of the molecule is FC(F)(F)c1ccc2c(c1)NCC1(CCC1)CS2. The van der Waals surface area contributed by atoms with Crippen LogP contribution in [0.15, 0.2) is 23.1 Å². The minimum Gasteiger partial charge on any atom is -0.384 e. The first-order chi connectivity index (χ1) is 8.49. The van der Waals surface area contributed by atoms with Gasteiger partial charge in [-0.25, -0.2) is 0 Å². The molecule has 0 aromatic heterocycles. The smallest absolute Gasteiger partial charge is 0.384 e. The summed E-state index contributed by atoms with van der Waals surface area (Å²) in [6.45, 7) is 0.800. The number of benzene rings is 1. The van der Waals surface area contributed by atoms with Crippen LogP contribution in [0.4, 0.5) is 18.9 Å². The van der Waals surface area contributed by atoms with Gasteiger partial charge in [0.2, 0.25) is 0 Å². The highest BCUT2D eigenvalue weighted by Gasteiger charge is 2.39. The molecule has 0 atom stereocenters. The molecule has 0 bridgehead atoms. The molecule has 1 N–H and O–H groups in total. The van der Waals surface area contributed by atoms with E-state index in [0.29, 0.717) is 11.1 Å². The second-order valence-electron chi connectivity index (χ2n) is 5.20. The molecule has 1 fully saturated rings. The van der Waals surface area contributed by atoms with Gasteiger partial charge in [0.1, 0.15) is 0 Å². The molecule has 0 radical (unpaired) electrons. The van der Waals surface area contributed by atoms with Crippen LogP contribution in [0.2, 0.25) is 0 Å². The summed E-state index contributed by atoms with van der Waals surface area (Å²) in [7, 11) is 0. The summed E-state index contributed by atoms with van der Waals surface area (Å²) in [6, 6.07) is 4.00. The van der Waals surface area contributed by atoms with Crippen LogP contribution >= 0.6 is 11.8 Å². The molecule has 0 unspecified atom stereocenters. The monoisotopic (exact) mass is 273 g/mol. The van der Waals surface area contributed by atoms with Crippen LogP contribution in [0.3, 0.4) is 0 Å². The molecule has 98 valence electrons. The van der Waals surface area contributed by atoms with Crippen LogP contribution in [-0.4, -0.2) is 12.3 Å². The molecule has 5 heteroatoms. The van der Waals surface area contributed by atoms with Crippen LogP contribution in [0.1, 0.15) is 24.8 Å². The third kappa shape index (κ3) is 2.09. The maximum atomic E-state index is 12.7. The molecular weight excluding hydrogens is 259 g/mol. The van der Waals surface area contributed by atoms with Gasteiger partial charge in [-0.1, -0.05) is 6.42 Å². The Bertz CT molecular complexity index is 466. The van der Waals surface area contributed by atoms with Gasteiger partial charge in [0, 0.05) is 22.9 Å². The molecule has 1 aliphatic heterocycles. The first kappa shape index (κ1) is 12.2. The summed E-state index contributed by atoms with van der Waals surface area (Å²) >= 11 is 1.68. The van der Waals surface area contributed by atoms with E-state index in [1.807, 2.05) is 0 Å². The van der Waals surface area contributed by atoms with E-state index in [4.69, 9.17) is 0 Å².